The number of rotatable bonds is 4. The molecule has 1 atom stereocenters. The fourth-order valence-corrected chi connectivity index (χ4v) is 2.84. The van der Waals surface area contributed by atoms with Crippen LogP contribution >= 0.6 is 0 Å². The van der Waals surface area contributed by atoms with E-state index in [0.717, 1.165) is 25.9 Å². The van der Waals surface area contributed by atoms with Crippen LogP contribution in [0.15, 0.2) is 24.3 Å². The predicted octanol–water partition coefficient (Wildman–Crippen LogP) is 2.61. The van der Waals surface area contributed by atoms with Crippen LogP contribution in [-0.2, 0) is 10.3 Å². The molecule has 1 heterocycles. The maximum Gasteiger partial charge on any atom is 0.328 e. The summed E-state index contributed by atoms with van der Waals surface area (Å²) in [4.78, 5) is 13.8. The second kappa shape index (κ2) is 5.06. The Bertz CT molecular complexity index is 426. The van der Waals surface area contributed by atoms with Gasteiger partial charge in [-0.05, 0) is 50.0 Å². The summed E-state index contributed by atoms with van der Waals surface area (Å²) in [7, 11) is 0. The molecule has 18 heavy (non-hydrogen) atoms. The molecule has 1 unspecified atom stereocenters. The van der Waals surface area contributed by atoms with Gasteiger partial charge in [0.25, 0.3) is 0 Å². The van der Waals surface area contributed by atoms with E-state index in [2.05, 4.69) is 0 Å². The molecule has 0 aromatic heterocycles. The van der Waals surface area contributed by atoms with Gasteiger partial charge in [-0.15, -0.1) is 0 Å². The summed E-state index contributed by atoms with van der Waals surface area (Å²) >= 11 is 0. The van der Waals surface area contributed by atoms with Gasteiger partial charge in [0.05, 0.1) is 0 Å². The lowest BCUT2D eigenvalue weighted by molar-refractivity contribution is -0.152. The van der Waals surface area contributed by atoms with Crippen molar-refractivity contribution in [3.63, 3.8) is 0 Å². The Balaban J connectivity index is 2.46. The molecular formula is C14H18FNO2. The maximum atomic E-state index is 13.0. The van der Waals surface area contributed by atoms with Gasteiger partial charge < -0.3 is 5.11 Å². The first-order chi connectivity index (χ1) is 8.61. The third-order valence-electron chi connectivity index (χ3n) is 3.83. The van der Waals surface area contributed by atoms with Crippen LogP contribution < -0.4 is 0 Å². The zero-order chi connectivity index (χ0) is 13.2. The van der Waals surface area contributed by atoms with Crippen molar-refractivity contribution in [2.45, 2.75) is 31.7 Å². The van der Waals surface area contributed by atoms with Crippen molar-refractivity contribution < 1.29 is 14.3 Å². The monoisotopic (exact) mass is 251 g/mol. The lowest BCUT2D eigenvalue weighted by Gasteiger charge is -2.37. The molecule has 1 fully saturated rings. The van der Waals surface area contributed by atoms with Gasteiger partial charge >= 0.3 is 5.97 Å². The molecule has 1 saturated heterocycles. The van der Waals surface area contributed by atoms with E-state index >= 15 is 0 Å². The summed E-state index contributed by atoms with van der Waals surface area (Å²) in [6.07, 6.45) is 2.53. The van der Waals surface area contributed by atoms with Gasteiger partial charge in [-0.3, -0.25) is 4.90 Å². The SMILES string of the molecule is CCC(C(=O)O)(c1ccc(F)cc1)N1CCCC1. The Morgan fingerprint density at radius 2 is 1.89 bits per heavy atom. The maximum absolute atomic E-state index is 13.0. The van der Waals surface area contributed by atoms with Gasteiger partial charge in [-0.2, -0.15) is 0 Å². The predicted molar refractivity (Wildman–Crippen MR) is 66.8 cm³/mol. The summed E-state index contributed by atoms with van der Waals surface area (Å²) in [6, 6.07) is 5.84. The lowest BCUT2D eigenvalue weighted by atomic mass is 9.85. The normalized spacial score (nSPS) is 19.7. The second-order valence-electron chi connectivity index (χ2n) is 4.72. The highest BCUT2D eigenvalue weighted by Crippen LogP contribution is 2.35. The molecule has 1 aliphatic heterocycles. The van der Waals surface area contributed by atoms with Crippen LogP contribution in [0.5, 0.6) is 0 Å². The summed E-state index contributed by atoms with van der Waals surface area (Å²) in [6.45, 7) is 3.45. The molecule has 0 bridgehead atoms. The van der Waals surface area contributed by atoms with Crippen LogP contribution in [0.4, 0.5) is 4.39 Å². The van der Waals surface area contributed by atoms with Gasteiger partial charge in [0, 0.05) is 0 Å². The smallest absolute Gasteiger partial charge is 0.328 e. The average molecular weight is 251 g/mol. The molecular weight excluding hydrogens is 233 g/mol. The van der Waals surface area contributed by atoms with Crippen LogP contribution in [0, 0.1) is 5.82 Å². The van der Waals surface area contributed by atoms with Crippen LogP contribution in [-0.4, -0.2) is 29.1 Å². The van der Waals surface area contributed by atoms with Crippen molar-refractivity contribution in [1.82, 2.24) is 4.90 Å². The number of aliphatic carboxylic acids is 1. The van der Waals surface area contributed by atoms with Crippen LogP contribution in [0.3, 0.4) is 0 Å². The molecule has 1 aliphatic rings. The fourth-order valence-electron chi connectivity index (χ4n) is 2.84. The molecule has 1 aromatic carbocycles. The molecule has 0 amide bonds. The summed E-state index contributed by atoms with van der Waals surface area (Å²) < 4.78 is 13.0. The largest absolute Gasteiger partial charge is 0.480 e. The van der Waals surface area contributed by atoms with E-state index in [1.54, 1.807) is 12.1 Å². The highest BCUT2D eigenvalue weighted by Gasteiger charge is 2.45. The number of hydrogen-bond acceptors (Lipinski definition) is 2. The van der Waals surface area contributed by atoms with Crippen molar-refractivity contribution >= 4 is 5.97 Å². The average Bonchev–Trinajstić information content (AvgIpc) is 2.87. The van der Waals surface area contributed by atoms with E-state index in [4.69, 9.17) is 0 Å². The zero-order valence-corrected chi connectivity index (χ0v) is 10.5. The van der Waals surface area contributed by atoms with Crippen LogP contribution in [0.1, 0.15) is 31.7 Å². The first kappa shape index (κ1) is 13.0. The van der Waals surface area contributed by atoms with Crippen molar-refractivity contribution in [2.24, 2.45) is 0 Å². The van der Waals surface area contributed by atoms with Crippen LogP contribution in [0.25, 0.3) is 0 Å². The third-order valence-corrected chi connectivity index (χ3v) is 3.83. The number of carboxylic acid groups (broad SMARTS) is 1. The Morgan fingerprint density at radius 3 is 2.33 bits per heavy atom. The van der Waals surface area contributed by atoms with Gasteiger partial charge in [0.15, 0.2) is 0 Å². The Morgan fingerprint density at radius 1 is 1.33 bits per heavy atom. The van der Waals surface area contributed by atoms with Gasteiger partial charge in [-0.1, -0.05) is 19.1 Å². The topological polar surface area (TPSA) is 40.5 Å². The van der Waals surface area contributed by atoms with Crippen molar-refractivity contribution in [2.75, 3.05) is 13.1 Å². The number of hydrogen-bond donors (Lipinski definition) is 1. The van der Waals surface area contributed by atoms with Crippen molar-refractivity contribution in [3.8, 4) is 0 Å². The molecule has 0 radical (unpaired) electrons. The fraction of sp³-hybridized carbons (Fsp3) is 0.500. The Hall–Kier alpha value is -1.42. The zero-order valence-electron chi connectivity index (χ0n) is 10.5. The standard InChI is InChI=1S/C14H18FNO2/c1-2-14(13(17)18,16-9-3-4-10-16)11-5-7-12(15)8-6-11/h5-8H,2-4,9-10H2,1H3,(H,17,18). The molecule has 3 nitrogen and oxygen atoms in total. The van der Waals surface area contributed by atoms with E-state index in [0.29, 0.717) is 12.0 Å². The highest BCUT2D eigenvalue weighted by atomic mass is 19.1. The first-order valence-electron chi connectivity index (χ1n) is 6.35. The van der Waals surface area contributed by atoms with Gasteiger partial charge in [-0.25, -0.2) is 9.18 Å². The molecule has 1 N–H and O–H groups in total. The Labute approximate surface area is 106 Å². The molecule has 4 heteroatoms. The Kier molecular flexibility index (Phi) is 3.66. The minimum absolute atomic E-state index is 0.337. The first-order valence-corrected chi connectivity index (χ1v) is 6.35. The van der Waals surface area contributed by atoms with E-state index in [1.165, 1.54) is 12.1 Å². The third kappa shape index (κ3) is 2.01. The molecule has 98 valence electrons. The van der Waals surface area contributed by atoms with E-state index in [9.17, 15) is 14.3 Å². The molecule has 0 aliphatic carbocycles. The number of carbonyl (C=O) groups is 1. The van der Waals surface area contributed by atoms with Gasteiger partial charge in [0.1, 0.15) is 11.4 Å². The summed E-state index contributed by atoms with van der Waals surface area (Å²) in [5.41, 5.74) is -0.342. The van der Waals surface area contributed by atoms with E-state index < -0.39 is 11.5 Å². The molecule has 1 aromatic rings. The number of benzene rings is 1. The molecule has 0 spiro atoms. The van der Waals surface area contributed by atoms with E-state index in [1.807, 2.05) is 11.8 Å². The van der Waals surface area contributed by atoms with Crippen LogP contribution in [0.2, 0.25) is 0 Å². The quantitative estimate of drug-likeness (QED) is 0.894. The molecule has 0 saturated carbocycles. The number of nitrogens with zero attached hydrogens (tertiary/aromatic N) is 1. The summed E-state index contributed by atoms with van der Waals surface area (Å²) in [5, 5.41) is 9.67. The lowest BCUT2D eigenvalue weighted by Crippen LogP contribution is -2.50. The molecule has 2 rings (SSSR count). The van der Waals surface area contributed by atoms with E-state index in [-0.39, 0.29) is 5.82 Å². The van der Waals surface area contributed by atoms with Crippen molar-refractivity contribution in [1.29, 1.82) is 0 Å². The number of halogens is 1. The number of likely N-dealkylation sites (tertiary alicyclic amines) is 1. The minimum atomic E-state index is -1.01. The second-order valence-corrected chi connectivity index (χ2v) is 4.72. The summed E-state index contributed by atoms with van der Waals surface area (Å²) in [5.74, 6) is -1.19. The number of carboxylic acids is 1. The van der Waals surface area contributed by atoms with Gasteiger partial charge in [0.2, 0.25) is 0 Å². The van der Waals surface area contributed by atoms with Crippen molar-refractivity contribution in [3.05, 3.63) is 35.6 Å². The minimum Gasteiger partial charge on any atom is -0.480 e. The highest BCUT2D eigenvalue weighted by molar-refractivity contribution is 5.80.